The van der Waals surface area contributed by atoms with Gasteiger partial charge in [-0.15, -0.1) is 0 Å². The molecule has 0 aromatic heterocycles. The molecule has 1 aliphatic heterocycles. The number of aliphatic hydroxyl groups is 1. The fourth-order valence-electron chi connectivity index (χ4n) is 4.89. The molecule has 0 radical (unpaired) electrons. The summed E-state index contributed by atoms with van der Waals surface area (Å²) < 4.78 is 25.6. The lowest BCUT2D eigenvalue weighted by atomic mass is 10.1. The zero-order valence-corrected chi connectivity index (χ0v) is 26.4. The van der Waals surface area contributed by atoms with Gasteiger partial charge in [0.1, 0.15) is 18.8 Å². The molecule has 0 saturated carbocycles. The van der Waals surface area contributed by atoms with E-state index < -0.39 is 38.7 Å². The fraction of sp³-hybridized carbons (Fsp3) is 0.441. The average molecular weight is 592 g/mol. The Morgan fingerprint density at radius 1 is 0.738 bits per heavy atom. The summed E-state index contributed by atoms with van der Waals surface area (Å²) in [6.45, 7) is 11.6. The maximum Gasteiger partial charge on any atom is 0.410 e. The van der Waals surface area contributed by atoms with Crippen LogP contribution in [0.3, 0.4) is 0 Å². The van der Waals surface area contributed by atoms with E-state index in [1.165, 1.54) is 0 Å². The summed E-state index contributed by atoms with van der Waals surface area (Å²) in [4.78, 5) is 15.4. The highest BCUT2D eigenvalue weighted by Crippen LogP contribution is 2.39. The van der Waals surface area contributed by atoms with Gasteiger partial charge in [0.15, 0.2) is 8.32 Å². The third-order valence-corrected chi connectivity index (χ3v) is 12.9. The van der Waals surface area contributed by atoms with Crippen molar-refractivity contribution in [3.8, 4) is 0 Å². The molecule has 4 atom stereocenters. The molecule has 7 nitrogen and oxygen atoms in total. The van der Waals surface area contributed by atoms with Crippen LogP contribution in [0, 0.1) is 0 Å². The van der Waals surface area contributed by atoms with E-state index in [9.17, 15) is 9.90 Å². The van der Waals surface area contributed by atoms with Crippen LogP contribution < -0.4 is 0 Å². The molecule has 3 aromatic rings. The SMILES string of the molecule is CC(C)(C)[Si](C)(C)OC[C@@H]1[C@H](OCc2ccccc2)[C@H](OCc2ccccc2)[C@@H](CO)N1C(=O)OCc1ccccc1. The van der Waals surface area contributed by atoms with Crippen molar-refractivity contribution in [3.05, 3.63) is 108 Å². The molecule has 226 valence electrons. The van der Waals surface area contributed by atoms with Gasteiger partial charge >= 0.3 is 6.09 Å². The number of nitrogens with zero attached hydrogens (tertiary/aromatic N) is 1. The zero-order chi connectivity index (χ0) is 30.2. The molecular weight excluding hydrogens is 546 g/mol. The van der Waals surface area contributed by atoms with Crippen LogP contribution in [0.2, 0.25) is 18.1 Å². The maximum absolute atomic E-state index is 13.8. The molecule has 1 fully saturated rings. The first-order valence-corrected chi connectivity index (χ1v) is 17.6. The summed E-state index contributed by atoms with van der Waals surface area (Å²) in [5, 5.41) is 10.7. The second kappa shape index (κ2) is 14.4. The van der Waals surface area contributed by atoms with E-state index in [1.807, 2.05) is 91.0 Å². The standard InChI is InChI=1S/C34H45NO6Si/c1-34(2,3)42(4,5)41-25-30-32(39-23-27-17-11-7-12-18-27)31(38-22-26-15-9-6-10-16-26)29(21-36)35(30)33(37)40-24-28-19-13-8-14-20-28/h6-20,29-32,36H,21-25H2,1-5H3/t29-,30-,31-,32+/m1/s1. The molecule has 4 rings (SSSR count). The van der Waals surface area contributed by atoms with Crippen LogP contribution in [0.5, 0.6) is 0 Å². The minimum atomic E-state index is -2.19. The van der Waals surface area contributed by atoms with Gasteiger partial charge in [-0.2, -0.15) is 0 Å². The van der Waals surface area contributed by atoms with Gasteiger partial charge in [0.25, 0.3) is 0 Å². The van der Waals surface area contributed by atoms with E-state index >= 15 is 0 Å². The summed E-state index contributed by atoms with van der Waals surface area (Å²) in [7, 11) is -2.19. The smallest absolute Gasteiger partial charge is 0.410 e. The largest absolute Gasteiger partial charge is 0.445 e. The molecule has 1 heterocycles. The number of hydrogen-bond acceptors (Lipinski definition) is 6. The topological polar surface area (TPSA) is 77.5 Å². The number of carbonyl (C=O) groups excluding carboxylic acids is 1. The van der Waals surface area contributed by atoms with Crippen molar-refractivity contribution in [1.29, 1.82) is 0 Å². The first-order valence-electron chi connectivity index (χ1n) is 14.7. The molecule has 0 unspecified atom stereocenters. The lowest BCUT2D eigenvalue weighted by Crippen LogP contribution is -2.50. The summed E-state index contributed by atoms with van der Waals surface area (Å²) in [5.41, 5.74) is 2.89. The summed E-state index contributed by atoms with van der Waals surface area (Å²) in [6.07, 6.45) is -1.68. The Labute approximate surface area is 251 Å². The Kier molecular flexibility index (Phi) is 11.0. The first kappa shape index (κ1) is 31.9. The molecule has 3 aromatic carbocycles. The number of carbonyl (C=O) groups is 1. The van der Waals surface area contributed by atoms with Crippen molar-refractivity contribution in [1.82, 2.24) is 4.90 Å². The predicted octanol–water partition coefficient (Wildman–Crippen LogP) is 6.56. The number of ether oxygens (including phenoxy) is 3. The maximum atomic E-state index is 13.8. The Morgan fingerprint density at radius 3 is 1.60 bits per heavy atom. The molecule has 0 aliphatic carbocycles. The zero-order valence-electron chi connectivity index (χ0n) is 25.4. The third kappa shape index (κ3) is 8.08. The highest BCUT2D eigenvalue weighted by atomic mass is 28.4. The quantitative estimate of drug-likeness (QED) is 0.240. The molecule has 8 heteroatoms. The molecular formula is C34H45NO6Si. The third-order valence-electron chi connectivity index (χ3n) is 8.39. The lowest BCUT2D eigenvalue weighted by Gasteiger charge is -2.38. The van der Waals surface area contributed by atoms with Gasteiger partial charge in [0.2, 0.25) is 0 Å². The normalized spacial score (nSPS) is 21.0. The van der Waals surface area contributed by atoms with Gasteiger partial charge in [-0.3, -0.25) is 4.90 Å². The van der Waals surface area contributed by atoms with Crippen LogP contribution in [-0.2, 0) is 38.5 Å². The van der Waals surface area contributed by atoms with Crippen molar-refractivity contribution in [2.45, 2.75) is 83.0 Å². The van der Waals surface area contributed by atoms with E-state index in [0.717, 1.165) is 16.7 Å². The Morgan fingerprint density at radius 2 is 1.17 bits per heavy atom. The van der Waals surface area contributed by atoms with Crippen molar-refractivity contribution < 1.29 is 28.5 Å². The van der Waals surface area contributed by atoms with Gasteiger partial charge in [-0.25, -0.2) is 4.79 Å². The molecule has 1 N–H and O–H groups in total. The number of hydrogen-bond donors (Lipinski definition) is 1. The molecule has 1 amide bonds. The number of aliphatic hydroxyl groups excluding tert-OH is 1. The monoisotopic (exact) mass is 591 g/mol. The van der Waals surface area contributed by atoms with Crippen molar-refractivity contribution in [2.24, 2.45) is 0 Å². The molecule has 0 spiro atoms. The Balaban J connectivity index is 1.65. The number of amides is 1. The second-order valence-corrected chi connectivity index (χ2v) is 17.2. The predicted molar refractivity (Wildman–Crippen MR) is 166 cm³/mol. The summed E-state index contributed by atoms with van der Waals surface area (Å²) in [6, 6.07) is 28.2. The highest BCUT2D eigenvalue weighted by Gasteiger charge is 2.54. The number of likely N-dealkylation sites (tertiary alicyclic amines) is 1. The Bertz CT molecular complexity index is 1240. The molecule has 42 heavy (non-hydrogen) atoms. The average Bonchev–Trinajstić information content (AvgIpc) is 3.30. The van der Waals surface area contributed by atoms with E-state index in [1.54, 1.807) is 4.90 Å². The van der Waals surface area contributed by atoms with E-state index in [-0.39, 0.29) is 24.9 Å². The van der Waals surface area contributed by atoms with Crippen LogP contribution in [-0.4, -0.2) is 61.9 Å². The van der Waals surface area contributed by atoms with Crippen molar-refractivity contribution in [2.75, 3.05) is 13.2 Å². The second-order valence-electron chi connectivity index (χ2n) is 12.4. The van der Waals surface area contributed by atoms with Gasteiger partial charge in [-0.1, -0.05) is 112 Å². The minimum absolute atomic E-state index is 0.0236. The van der Waals surface area contributed by atoms with Crippen LogP contribution in [0.15, 0.2) is 91.0 Å². The van der Waals surface area contributed by atoms with Gasteiger partial charge in [0.05, 0.1) is 38.5 Å². The number of rotatable bonds is 12. The van der Waals surface area contributed by atoms with E-state index in [4.69, 9.17) is 18.6 Å². The van der Waals surface area contributed by atoms with Crippen LogP contribution >= 0.6 is 0 Å². The van der Waals surface area contributed by atoms with Crippen LogP contribution in [0.4, 0.5) is 4.79 Å². The molecule has 1 saturated heterocycles. The van der Waals surface area contributed by atoms with Crippen molar-refractivity contribution >= 4 is 14.4 Å². The van der Waals surface area contributed by atoms with E-state index in [2.05, 4.69) is 33.9 Å². The Hall–Kier alpha value is -3.01. The highest BCUT2D eigenvalue weighted by molar-refractivity contribution is 6.74. The van der Waals surface area contributed by atoms with E-state index in [0.29, 0.717) is 13.2 Å². The van der Waals surface area contributed by atoms with Crippen molar-refractivity contribution in [3.63, 3.8) is 0 Å². The number of benzene rings is 3. The molecule has 1 aliphatic rings. The van der Waals surface area contributed by atoms with Crippen LogP contribution in [0.1, 0.15) is 37.5 Å². The van der Waals surface area contributed by atoms with Crippen LogP contribution in [0.25, 0.3) is 0 Å². The van der Waals surface area contributed by atoms with Gasteiger partial charge < -0.3 is 23.7 Å². The molecule has 0 bridgehead atoms. The first-order chi connectivity index (χ1) is 20.1. The minimum Gasteiger partial charge on any atom is -0.445 e. The summed E-state index contributed by atoms with van der Waals surface area (Å²) >= 11 is 0. The van der Waals surface area contributed by atoms with Gasteiger partial charge in [-0.05, 0) is 34.8 Å². The van der Waals surface area contributed by atoms with Gasteiger partial charge in [0, 0.05) is 0 Å². The lowest BCUT2D eigenvalue weighted by molar-refractivity contribution is -0.0852. The fourth-order valence-corrected chi connectivity index (χ4v) is 5.91. The summed E-state index contributed by atoms with van der Waals surface area (Å²) in [5.74, 6) is 0.